The highest BCUT2D eigenvalue weighted by Gasteiger charge is 2.17. The molecule has 0 amide bonds. The quantitative estimate of drug-likeness (QED) is 0.312. The second-order valence-corrected chi connectivity index (χ2v) is 8.15. The van der Waals surface area contributed by atoms with Crippen molar-refractivity contribution in [2.45, 2.75) is 44.8 Å². The van der Waals surface area contributed by atoms with Gasteiger partial charge in [-0.05, 0) is 30.5 Å². The van der Waals surface area contributed by atoms with E-state index >= 15 is 0 Å². The predicted octanol–water partition coefficient (Wildman–Crippen LogP) is 4.38. The minimum absolute atomic E-state index is 0.0445. The van der Waals surface area contributed by atoms with Crippen LogP contribution in [-0.4, -0.2) is 30.7 Å². The highest BCUT2D eigenvalue weighted by molar-refractivity contribution is 7.99. The van der Waals surface area contributed by atoms with Crippen LogP contribution in [0, 0.1) is 0 Å². The molecule has 6 nitrogen and oxygen atoms in total. The van der Waals surface area contributed by atoms with Crippen molar-refractivity contribution in [1.82, 2.24) is 19.2 Å². The predicted molar refractivity (Wildman–Crippen MR) is 121 cm³/mol. The summed E-state index contributed by atoms with van der Waals surface area (Å²) in [6.07, 6.45) is 2.81. The van der Waals surface area contributed by atoms with Crippen molar-refractivity contribution < 1.29 is 4.79 Å². The number of para-hydroxylation sites is 1. The Kier molecular flexibility index (Phi) is 5.99. The highest BCUT2D eigenvalue weighted by Crippen LogP contribution is 2.22. The number of carbonyl (C=O) groups excluding carboxylic acids is 1. The molecule has 0 radical (unpaired) electrons. The fraction of sp³-hybridized carbons (Fsp3) is 0.304. The van der Waals surface area contributed by atoms with Gasteiger partial charge in [0.05, 0.1) is 16.7 Å². The molecule has 0 aliphatic carbocycles. The van der Waals surface area contributed by atoms with Gasteiger partial charge in [-0.15, -0.1) is 10.2 Å². The topological polar surface area (TPSA) is 69.3 Å². The first-order valence-corrected chi connectivity index (χ1v) is 11.2. The lowest BCUT2D eigenvalue weighted by Crippen LogP contribution is -2.23. The molecule has 0 aliphatic rings. The van der Waals surface area contributed by atoms with Crippen molar-refractivity contribution in [1.29, 1.82) is 0 Å². The van der Waals surface area contributed by atoms with E-state index in [1.54, 1.807) is 4.57 Å². The molecule has 2 heterocycles. The van der Waals surface area contributed by atoms with Crippen molar-refractivity contribution in [2.24, 2.45) is 0 Å². The van der Waals surface area contributed by atoms with Crippen LogP contribution in [0.4, 0.5) is 0 Å². The number of nitrogens with zero attached hydrogens (tertiary/aromatic N) is 4. The Morgan fingerprint density at radius 3 is 2.53 bits per heavy atom. The van der Waals surface area contributed by atoms with Crippen molar-refractivity contribution in [3.05, 3.63) is 70.0 Å². The minimum Gasteiger partial charge on any atom is -0.293 e. The van der Waals surface area contributed by atoms with E-state index in [0.717, 1.165) is 24.8 Å². The van der Waals surface area contributed by atoms with Crippen LogP contribution in [0.2, 0.25) is 0 Å². The summed E-state index contributed by atoms with van der Waals surface area (Å²) in [6, 6.07) is 15.2. The number of hydrogen-bond acceptors (Lipinski definition) is 5. The van der Waals surface area contributed by atoms with E-state index in [1.807, 2.05) is 52.9 Å². The fourth-order valence-corrected chi connectivity index (χ4v) is 4.32. The van der Waals surface area contributed by atoms with Crippen LogP contribution in [0.25, 0.3) is 16.7 Å². The average Bonchev–Trinajstić information content (AvgIpc) is 3.21. The monoisotopic (exact) mass is 420 g/mol. The number of benzene rings is 2. The highest BCUT2D eigenvalue weighted by atomic mass is 32.2. The van der Waals surface area contributed by atoms with Crippen LogP contribution in [0.3, 0.4) is 0 Å². The van der Waals surface area contributed by atoms with Gasteiger partial charge in [-0.25, -0.2) is 0 Å². The summed E-state index contributed by atoms with van der Waals surface area (Å²) in [5.41, 5.74) is 2.61. The molecule has 2 aromatic carbocycles. The fourth-order valence-electron chi connectivity index (χ4n) is 3.48. The summed E-state index contributed by atoms with van der Waals surface area (Å²) in [5.74, 6) is 0.826. The van der Waals surface area contributed by atoms with Crippen LogP contribution in [0.5, 0.6) is 0 Å². The van der Waals surface area contributed by atoms with E-state index < -0.39 is 0 Å². The van der Waals surface area contributed by atoms with Crippen LogP contribution in [-0.2, 0) is 13.0 Å². The standard InChI is InChI=1S/C23H24N4O2S/c1-3-5-14-26-21(29)18-8-6-7-9-19(18)27-22(26)24-25-23(27)30-15-20(28)17-12-10-16(4-2)11-13-17/h6-13H,3-5,14-15H2,1-2H3. The molecule has 4 aromatic rings. The van der Waals surface area contributed by atoms with Gasteiger partial charge < -0.3 is 0 Å². The number of Topliss-reactive ketones (excluding diaryl/α,β-unsaturated/α-hetero) is 1. The summed E-state index contributed by atoms with van der Waals surface area (Å²) in [4.78, 5) is 25.6. The van der Waals surface area contributed by atoms with Crippen LogP contribution in [0.1, 0.15) is 42.6 Å². The molecule has 30 heavy (non-hydrogen) atoms. The van der Waals surface area contributed by atoms with Crippen molar-refractivity contribution in [3.63, 3.8) is 0 Å². The van der Waals surface area contributed by atoms with Gasteiger partial charge >= 0.3 is 0 Å². The molecule has 0 bridgehead atoms. The third-order valence-electron chi connectivity index (χ3n) is 5.23. The van der Waals surface area contributed by atoms with Gasteiger partial charge in [0.15, 0.2) is 10.9 Å². The lowest BCUT2D eigenvalue weighted by molar-refractivity contribution is 0.102. The molecule has 0 fully saturated rings. The number of aryl methyl sites for hydroxylation is 2. The Morgan fingerprint density at radius 1 is 1.03 bits per heavy atom. The molecule has 0 spiro atoms. The molecule has 0 aliphatic heterocycles. The SMILES string of the molecule is CCCCn1c(=O)c2ccccc2n2c(SCC(=O)c3ccc(CC)cc3)nnc12. The Hall–Kier alpha value is -2.93. The van der Waals surface area contributed by atoms with Gasteiger partial charge in [-0.2, -0.15) is 0 Å². The number of unbranched alkanes of at least 4 members (excludes halogenated alkanes) is 1. The zero-order chi connectivity index (χ0) is 21.1. The van der Waals surface area contributed by atoms with E-state index in [-0.39, 0.29) is 17.1 Å². The van der Waals surface area contributed by atoms with Crippen LogP contribution in [0.15, 0.2) is 58.5 Å². The summed E-state index contributed by atoms with van der Waals surface area (Å²) in [5, 5.41) is 9.86. The normalized spacial score (nSPS) is 11.4. The van der Waals surface area contributed by atoms with E-state index in [9.17, 15) is 9.59 Å². The molecule has 0 unspecified atom stereocenters. The first-order valence-electron chi connectivity index (χ1n) is 10.3. The minimum atomic E-state index is -0.0532. The molecule has 0 saturated carbocycles. The van der Waals surface area contributed by atoms with Crippen molar-refractivity contribution >= 4 is 34.2 Å². The Labute approximate surface area is 178 Å². The van der Waals surface area contributed by atoms with E-state index in [0.29, 0.717) is 28.4 Å². The van der Waals surface area contributed by atoms with Gasteiger partial charge in [-0.1, -0.05) is 68.4 Å². The zero-order valence-electron chi connectivity index (χ0n) is 17.2. The maximum Gasteiger partial charge on any atom is 0.262 e. The van der Waals surface area contributed by atoms with Crippen molar-refractivity contribution in [3.8, 4) is 0 Å². The Balaban J connectivity index is 1.70. The number of ketones is 1. The first kappa shape index (κ1) is 20.3. The molecule has 0 atom stereocenters. The van der Waals surface area contributed by atoms with Gasteiger partial charge in [0, 0.05) is 12.1 Å². The molecular formula is C23H24N4O2S. The van der Waals surface area contributed by atoms with E-state index in [1.165, 1.54) is 17.3 Å². The molecule has 0 N–H and O–H groups in total. The molecule has 2 aromatic heterocycles. The second-order valence-electron chi connectivity index (χ2n) is 7.21. The number of hydrogen-bond donors (Lipinski definition) is 0. The summed E-state index contributed by atoms with van der Waals surface area (Å²) in [7, 11) is 0. The first-order chi connectivity index (χ1) is 14.6. The van der Waals surface area contributed by atoms with Gasteiger partial charge in [0.2, 0.25) is 5.78 Å². The number of rotatable bonds is 8. The maximum absolute atomic E-state index is 13.0. The lowest BCUT2D eigenvalue weighted by atomic mass is 10.1. The zero-order valence-corrected chi connectivity index (χ0v) is 18.0. The number of thioether (sulfide) groups is 1. The number of fused-ring (bicyclic) bond motifs is 3. The summed E-state index contributed by atoms with van der Waals surface area (Å²) >= 11 is 1.35. The summed E-state index contributed by atoms with van der Waals surface area (Å²) < 4.78 is 3.58. The third kappa shape index (κ3) is 3.77. The molecule has 4 rings (SSSR count). The summed E-state index contributed by atoms with van der Waals surface area (Å²) in [6.45, 7) is 4.77. The number of carbonyl (C=O) groups is 1. The van der Waals surface area contributed by atoms with Gasteiger partial charge in [0.25, 0.3) is 5.56 Å². The van der Waals surface area contributed by atoms with Crippen LogP contribution < -0.4 is 5.56 Å². The maximum atomic E-state index is 13.0. The Bertz CT molecular complexity index is 1260. The van der Waals surface area contributed by atoms with Crippen molar-refractivity contribution in [2.75, 3.05) is 5.75 Å². The molecule has 154 valence electrons. The van der Waals surface area contributed by atoms with E-state index in [2.05, 4.69) is 24.0 Å². The van der Waals surface area contributed by atoms with E-state index in [4.69, 9.17) is 0 Å². The largest absolute Gasteiger partial charge is 0.293 e. The van der Waals surface area contributed by atoms with Gasteiger partial charge in [0.1, 0.15) is 0 Å². The van der Waals surface area contributed by atoms with Crippen LogP contribution >= 0.6 is 11.8 Å². The second kappa shape index (κ2) is 8.83. The average molecular weight is 421 g/mol. The molecule has 7 heteroatoms. The Morgan fingerprint density at radius 2 is 1.80 bits per heavy atom. The third-order valence-corrected chi connectivity index (χ3v) is 6.16. The molecular weight excluding hydrogens is 396 g/mol. The van der Waals surface area contributed by atoms with Gasteiger partial charge in [-0.3, -0.25) is 18.6 Å². The molecule has 0 saturated heterocycles. The lowest BCUT2D eigenvalue weighted by Gasteiger charge is -2.10. The number of aromatic nitrogens is 4. The smallest absolute Gasteiger partial charge is 0.262 e.